The van der Waals surface area contributed by atoms with Crippen LogP contribution >= 0.6 is 11.3 Å². The highest BCUT2D eigenvalue weighted by atomic mass is 32.1. The van der Waals surface area contributed by atoms with Crippen molar-refractivity contribution in [2.75, 3.05) is 5.73 Å². The summed E-state index contributed by atoms with van der Waals surface area (Å²) in [6, 6.07) is 14.3. The largest absolute Gasteiger partial charge is 0.368 e. The van der Waals surface area contributed by atoms with Crippen LogP contribution in [0.5, 0.6) is 0 Å². The zero-order valence-corrected chi connectivity index (χ0v) is 11.3. The van der Waals surface area contributed by atoms with Crippen molar-refractivity contribution in [1.82, 2.24) is 9.97 Å². The first-order chi connectivity index (χ1) is 9.22. The summed E-state index contributed by atoms with van der Waals surface area (Å²) < 4.78 is 0. The van der Waals surface area contributed by atoms with Gasteiger partial charge in [0.15, 0.2) is 0 Å². The first-order valence-electron chi connectivity index (χ1n) is 5.98. The average Bonchev–Trinajstić information content (AvgIpc) is 2.93. The molecule has 0 radical (unpaired) electrons. The second-order valence-electron chi connectivity index (χ2n) is 4.34. The summed E-state index contributed by atoms with van der Waals surface area (Å²) in [6.45, 7) is 2.06. The number of nitrogens with zero attached hydrogens (tertiary/aromatic N) is 2. The Labute approximate surface area is 115 Å². The maximum absolute atomic E-state index is 5.82. The summed E-state index contributed by atoms with van der Waals surface area (Å²) in [5.41, 5.74) is 9.83. The predicted molar refractivity (Wildman–Crippen MR) is 79.9 cm³/mol. The van der Waals surface area contributed by atoms with E-state index < -0.39 is 0 Å². The monoisotopic (exact) mass is 267 g/mol. The summed E-state index contributed by atoms with van der Waals surface area (Å²) >= 11 is 1.65. The van der Waals surface area contributed by atoms with Crippen LogP contribution in [0, 0.1) is 6.92 Å². The Morgan fingerprint density at radius 1 is 1.00 bits per heavy atom. The van der Waals surface area contributed by atoms with E-state index in [1.807, 2.05) is 23.6 Å². The highest BCUT2D eigenvalue weighted by molar-refractivity contribution is 7.13. The lowest BCUT2D eigenvalue weighted by Crippen LogP contribution is -1.98. The molecule has 0 unspecified atom stereocenters. The number of nitrogen functional groups attached to an aromatic ring is 1. The Balaban J connectivity index is 2.10. The van der Waals surface area contributed by atoms with E-state index in [9.17, 15) is 0 Å². The van der Waals surface area contributed by atoms with Gasteiger partial charge in [-0.1, -0.05) is 35.9 Å². The highest BCUT2D eigenvalue weighted by Gasteiger charge is 2.07. The van der Waals surface area contributed by atoms with Crippen molar-refractivity contribution in [2.45, 2.75) is 6.92 Å². The first kappa shape index (κ1) is 11.9. The van der Waals surface area contributed by atoms with E-state index in [0.29, 0.717) is 5.95 Å². The fourth-order valence-corrected chi connectivity index (χ4v) is 2.57. The number of aryl methyl sites for hydroxylation is 1. The van der Waals surface area contributed by atoms with Crippen molar-refractivity contribution in [3.63, 3.8) is 0 Å². The van der Waals surface area contributed by atoms with Gasteiger partial charge in [-0.15, -0.1) is 11.3 Å². The van der Waals surface area contributed by atoms with E-state index in [-0.39, 0.29) is 0 Å². The second-order valence-corrected chi connectivity index (χ2v) is 5.29. The lowest BCUT2D eigenvalue weighted by atomic mass is 10.1. The molecular weight excluding hydrogens is 254 g/mol. The van der Waals surface area contributed by atoms with Crippen LogP contribution in [-0.2, 0) is 0 Å². The van der Waals surface area contributed by atoms with Crippen LogP contribution in [0.3, 0.4) is 0 Å². The first-order valence-corrected chi connectivity index (χ1v) is 6.86. The molecule has 1 aromatic carbocycles. The van der Waals surface area contributed by atoms with E-state index in [0.717, 1.165) is 21.8 Å². The SMILES string of the molecule is Cc1ccc(-c2cc(-c3cccs3)nc(N)n2)cc1. The van der Waals surface area contributed by atoms with Crippen LogP contribution in [0.25, 0.3) is 21.8 Å². The van der Waals surface area contributed by atoms with Crippen molar-refractivity contribution in [3.8, 4) is 21.8 Å². The Bertz CT molecular complexity index is 688. The van der Waals surface area contributed by atoms with Gasteiger partial charge in [-0.3, -0.25) is 0 Å². The topological polar surface area (TPSA) is 51.8 Å². The molecule has 3 nitrogen and oxygen atoms in total. The van der Waals surface area contributed by atoms with Gasteiger partial charge in [0, 0.05) is 5.56 Å². The van der Waals surface area contributed by atoms with Gasteiger partial charge >= 0.3 is 0 Å². The number of hydrogen-bond acceptors (Lipinski definition) is 4. The second kappa shape index (κ2) is 4.82. The molecule has 2 aromatic heterocycles. The molecule has 2 N–H and O–H groups in total. The number of thiophene rings is 1. The molecular formula is C15H13N3S. The summed E-state index contributed by atoms with van der Waals surface area (Å²) in [6.07, 6.45) is 0. The van der Waals surface area contributed by atoms with Gasteiger partial charge in [0.25, 0.3) is 0 Å². The molecule has 3 aromatic rings. The normalized spacial score (nSPS) is 10.6. The van der Waals surface area contributed by atoms with Crippen molar-refractivity contribution < 1.29 is 0 Å². The fraction of sp³-hybridized carbons (Fsp3) is 0.0667. The maximum Gasteiger partial charge on any atom is 0.221 e. The predicted octanol–water partition coefficient (Wildman–Crippen LogP) is 3.76. The Morgan fingerprint density at radius 2 is 1.74 bits per heavy atom. The number of rotatable bonds is 2. The van der Waals surface area contributed by atoms with E-state index >= 15 is 0 Å². The van der Waals surface area contributed by atoms with Gasteiger partial charge in [0.1, 0.15) is 0 Å². The minimum Gasteiger partial charge on any atom is -0.368 e. The standard InChI is InChI=1S/C15H13N3S/c1-10-4-6-11(7-5-10)12-9-13(18-15(16)17-12)14-3-2-8-19-14/h2-9H,1H3,(H2,16,17,18). The molecule has 0 bridgehead atoms. The third-order valence-corrected chi connectivity index (χ3v) is 3.76. The summed E-state index contributed by atoms with van der Waals surface area (Å²) in [4.78, 5) is 9.71. The van der Waals surface area contributed by atoms with Crippen molar-refractivity contribution in [2.24, 2.45) is 0 Å². The van der Waals surface area contributed by atoms with Gasteiger partial charge in [0.05, 0.1) is 16.3 Å². The minimum absolute atomic E-state index is 0.307. The Morgan fingerprint density at radius 3 is 2.42 bits per heavy atom. The molecule has 0 amide bonds. The van der Waals surface area contributed by atoms with Crippen molar-refractivity contribution >= 4 is 17.3 Å². The lowest BCUT2D eigenvalue weighted by Gasteiger charge is -2.05. The van der Waals surface area contributed by atoms with E-state index in [1.165, 1.54) is 5.56 Å². The molecule has 0 aliphatic heterocycles. The van der Waals surface area contributed by atoms with Crippen LogP contribution in [-0.4, -0.2) is 9.97 Å². The van der Waals surface area contributed by atoms with Crippen LogP contribution in [0.4, 0.5) is 5.95 Å². The zero-order chi connectivity index (χ0) is 13.2. The molecule has 0 spiro atoms. The molecule has 4 heteroatoms. The third-order valence-electron chi connectivity index (χ3n) is 2.86. The van der Waals surface area contributed by atoms with Crippen LogP contribution in [0.15, 0.2) is 47.8 Å². The lowest BCUT2D eigenvalue weighted by molar-refractivity contribution is 1.20. The van der Waals surface area contributed by atoms with Gasteiger partial charge in [0.2, 0.25) is 5.95 Å². The molecule has 2 heterocycles. The average molecular weight is 267 g/mol. The minimum atomic E-state index is 0.307. The highest BCUT2D eigenvalue weighted by Crippen LogP contribution is 2.27. The fourth-order valence-electron chi connectivity index (χ4n) is 1.89. The molecule has 0 aliphatic rings. The third kappa shape index (κ3) is 2.48. The molecule has 0 aliphatic carbocycles. The van der Waals surface area contributed by atoms with Gasteiger partial charge < -0.3 is 5.73 Å². The van der Waals surface area contributed by atoms with E-state index in [2.05, 4.69) is 41.2 Å². The molecule has 0 saturated carbocycles. The van der Waals surface area contributed by atoms with Gasteiger partial charge in [-0.25, -0.2) is 9.97 Å². The van der Waals surface area contributed by atoms with E-state index in [4.69, 9.17) is 5.73 Å². The zero-order valence-electron chi connectivity index (χ0n) is 10.5. The summed E-state index contributed by atoms with van der Waals surface area (Å²) in [7, 11) is 0. The number of benzene rings is 1. The van der Waals surface area contributed by atoms with Crippen LogP contribution in [0.2, 0.25) is 0 Å². The molecule has 19 heavy (non-hydrogen) atoms. The number of aromatic nitrogens is 2. The smallest absolute Gasteiger partial charge is 0.221 e. The quantitative estimate of drug-likeness (QED) is 0.769. The summed E-state index contributed by atoms with van der Waals surface area (Å²) in [5, 5.41) is 2.03. The Kier molecular flexibility index (Phi) is 3.01. The molecule has 0 fully saturated rings. The number of nitrogens with two attached hydrogens (primary N) is 1. The number of anilines is 1. The van der Waals surface area contributed by atoms with Crippen LogP contribution in [0.1, 0.15) is 5.56 Å². The molecule has 0 atom stereocenters. The van der Waals surface area contributed by atoms with E-state index in [1.54, 1.807) is 11.3 Å². The molecule has 0 saturated heterocycles. The van der Waals surface area contributed by atoms with Gasteiger partial charge in [-0.2, -0.15) is 0 Å². The van der Waals surface area contributed by atoms with Crippen LogP contribution < -0.4 is 5.73 Å². The molecule has 3 rings (SSSR count). The maximum atomic E-state index is 5.82. The number of hydrogen-bond donors (Lipinski definition) is 1. The Hall–Kier alpha value is -2.20. The van der Waals surface area contributed by atoms with Crippen molar-refractivity contribution in [1.29, 1.82) is 0 Å². The van der Waals surface area contributed by atoms with Crippen molar-refractivity contribution in [3.05, 3.63) is 53.4 Å². The van der Waals surface area contributed by atoms with Gasteiger partial charge in [-0.05, 0) is 24.4 Å². The molecule has 94 valence electrons. The summed E-state index contributed by atoms with van der Waals surface area (Å²) in [5.74, 6) is 0.307.